The van der Waals surface area contributed by atoms with Gasteiger partial charge >= 0.3 is 6.03 Å². The average Bonchev–Trinajstić information content (AvgIpc) is 3.63. The van der Waals surface area contributed by atoms with Crippen LogP contribution in [-0.4, -0.2) is 90.0 Å². The Morgan fingerprint density at radius 3 is 2.64 bits per heavy atom. The van der Waals surface area contributed by atoms with E-state index >= 15 is 0 Å². The average molecular weight is 653 g/mol. The second kappa shape index (κ2) is 15.5. The summed E-state index contributed by atoms with van der Waals surface area (Å²) >= 11 is 0. The number of methoxy groups -OCH3 is 2. The Bertz CT molecular complexity index is 1690. The molecule has 14 nitrogen and oxygen atoms in total. The van der Waals surface area contributed by atoms with Gasteiger partial charge in [-0.25, -0.2) is 29.3 Å². The van der Waals surface area contributed by atoms with Gasteiger partial charge in [-0.15, -0.1) is 0 Å². The van der Waals surface area contributed by atoms with Gasteiger partial charge < -0.3 is 14.8 Å². The molecule has 0 spiro atoms. The lowest BCUT2D eigenvalue weighted by atomic mass is 10.0. The van der Waals surface area contributed by atoms with E-state index in [0.717, 1.165) is 0 Å². The second-order valence-corrected chi connectivity index (χ2v) is 10.3. The van der Waals surface area contributed by atoms with Gasteiger partial charge in [0.15, 0.2) is 0 Å². The number of amides is 3. The molecule has 5 rings (SSSR count). The molecular formula is C31H34F2N8O6. The van der Waals surface area contributed by atoms with Gasteiger partial charge in [0.2, 0.25) is 11.8 Å². The van der Waals surface area contributed by atoms with Crippen LogP contribution in [-0.2, 0) is 14.4 Å². The summed E-state index contributed by atoms with van der Waals surface area (Å²) in [6, 6.07) is 12.4. The van der Waals surface area contributed by atoms with E-state index < -0.39 is 36.7 Å². The van der Waals surface area contributed by atoms with E-state index in [-0.39, 0.29) is 18.1 Å². The second-order valence-electron chi connectivity index (χ2n) is 10.3. The van der Waals surface area contributed by atoms with E-state index in [1.54, 1.807) is 29.8 Å². The molecule has 0 unspecified atom stereocenters. The van der Waals surface area contributed by atoms with Gasteiger partial charge in [0.25, 0.3) is 5.91 Å². The molecule has 0 aliphatic carbocycles. The predicted octanol–water partition coefficient (Wildman–Crippen LogP) is 3.54. The summed E-state index contributed by atoms with van der Waals surface area (Å²) in [4.78, 5) is 45.1. The standard InChI is InChI=1S/C31H34F2N8O6/c1-19-26(21-15-23(30(45-3)35-17-21)29(42)39-46-13-10-32)38-41(22-7-5-4-6-8-22)28(19)37-31(43)36-24-18-40(12-14-44-2)47-27(24)20-9-11-34-25(33)16-20/h4-9,11,15-17,24,27H,10,12-14,18H2,1-3H3,(H,39,42)(H2,36,37,43)/t24-,27+/m1/s1. The topological polar surface area (TPSA) is 154 Å². The first kappa shape index (κ1) is 33.3. The van der Waals surface area contributed by atoms with Gasteiger partial charge in [-0.1, -0.05) is 18.2 Å². The Morgan fingerprint density at radius 2 is 1.91 bits per heavy atom. The van der Waals surface area contributed by atoms with Crippen LogP contribution in [0.15, 0.2) is 60.9 Å². The summed E-state index contributed by atoms with van der Waals surface area (Å²) in [6.07, 6.45) is 2.14. The lowest BCUT2D eigenvalue weighted by Crippen LogP contribution is -2.42. The predicted molar refractivity (Wildman–Crippen MR) is 165 cm³/mol. The van der Waals surface area contributed by atoms with Crippen LogP contribution in [0, 0.1) is 12.9 Å². The fourth-order valence-electron chi connectivity index (χ4n) is 5.04. The van der Waals surface area contributed by atoms with Crippen molar-refractivity contribution in [3.8, 4) is 22.8 Å². The molecule has 2 atom stereocenters. The van der Waals surface area contributed by atoms with Crippen LogP contribution in [0.1, 0.15) is 27.6 Å². The van der Waals surface area contributed by atoms with Gasteiger partial charge in [-0.2, -0.15) is 14.6 Å². The lowest BCUT2D eigenvalue weighted by Gasteiger charge is -2.19. The maximum Gasteiger partial charge on any atom is 0.320 e. The van der Waals surface area contributed by atoms with Crippen molar-refractivity contribution < 1.29 is 37.5 Å². The molecule has 1 aliphatic rings. The lowest BCUT2D eigenvalue weighted by molar-refractivity contribution is -0.154. The number of para-hydroxylation sites is 1. The molecule has 47 heavy (non-hydrogen) atoms. The Hall–Kier alpha value is -5.03. The monoisotopic (exact) mass is 652 g/mol. The van der Waals surface area contributed by atoms with Gasteiger partial charge in [0.05, 0.1) is 31.1 Å². The van der Waals surface area contributed by atoms with Crippen LogP contribution in [0.5, 0.6) is 5.88 Å². The van der Waals surface area contributed by atoms with Crippen molar-refractivity contribution in [2.45, 2.75) is 19.1 Å². The first-order valence-electron chi connectivity index (χ1n) is 14.6. The smallest absolute Gasteiger partial charge is 0.320 e. The van der Waals surface area contributed by atoms with Gasteiger partial charge in [-0.3, -0.25) is 19.8 Å². The van der Waals surface area contributed by atoms with Crippen LogP contribution in [0.25, 0.3) is 16.9 Å². The molecule has 0 saturated carbocycles. The van der Waals surface area contributed by atoms with E-state index in [2.05, 4.69) is 26.1 Å². The number of pyridine rings is 2. The molecule has 4 heterocycles. The molecule has 3 aromatic heterocycles. The van der Waals surface area contributed by atoms with Crippen molar-refractivity contribution in [2.24, 2.45) is 0 Å². The summed E-state index contributed by atoms with van der Waals surface area (Å²) < 4.78 is 38.5. The van der Waals surface area contributed by atoms with Crippen LogP contribution in [0.3, 0.4) is 0 Å². The van der Waals surface area contributed by atoms with Crippen molar-refractivity contribution in [3.63, 3.8) is 0 Å². The number of nitrogens with one attached hydrogen (secondary N) is 3. The number of carbonyl (C=O) groups is 2. The molecular weight excluding hydrogens is 618 g/mol. The molecule has 1 aromatic carbocycles. The number of alkyl halides is 1. The number of carbonyl (C=O) groups excluding carboxylic acids is 2. The molecule has 0 radical (unpaired) electrons. The summed E-state index contributed by atoms with van der Waals surface area (Å²) in [6.45, 7) is 1.80. The molecule has 248 valence electrons. The van der Waals surface area contributed by atoms with Crippen molar-refractivity contribution >= 4 is 17.8 Å². The zero-order valence-corrected chi connectivity index (χ0v) is 25.9. The van der Waals surface area contributed by atoms with Crippen molar-refractivity contribution in [1.82, 2.24) is 35.6 Å². The number of aromatic nitrogens is 4. The normalized spacial score (nSPS) is 16.2. The molecule has 3 N–H and O–H groups in total. The number of nitrogens with zero attached hydrogens (tertiary/aromatic N) is 5. The first-order chi connectivity index (χ1) is 22.8. The SMILES string of the molecule is COCCN1C[C@@H](NC(=O)Nc2c(C)c(-c3cnc(OC)c(C(=O)NOCCF)c3)nn2-c2ccccc2)[C@H](c2ccnc(F)c2)O1. The minimum Gasteiger partial charge on any atom is -0.480 e. The number of ether oxygens (including phenoxy) is 2. The number of hydrogen-bond acceptors (Lipinski definition) is 10. The number of hydroxylamine groups is 3. The fourth-order valence-corrected chi connectivity index (χ4v) is 5.04. The Kier molecular flexibility index (Phi) is 11.0. The van der Waals surface area contributed by atoms with Gasteiger partial charge in [-0.05, 0) is 42.8 Å². The van der Waals surface area contributed by atoms with Crippen molar-refractivity contribution in [3.05, 3.63) is 83.6 Å². The highest BCUT2D eigenvalue weighted by molar-refractivity contribution is 5.97. The molecule has 16 heteroatoms. The fraction of sp³-hybridized carbons (Fsp3) is 0.323. The van der Waals surface area contributed by atoms with E-state index in [9.17, 15) is 18.4 Å². The number of benzene rings is 1. The minimum absolute atomic E-state index is 0.0231. The quantitative estimate of drug-likeness (QED) is 0.111. The first-order valence-corrected chi connectivity index (χ1v) is 14.6. The highest BCUT2D eigenvalue weighted by Gasteiger charge is 2.37. The van der Waals surface area contributed by atoms with Gasteiger partial charge in [0.1, 0.15) is 30.8 Å². The van der Waals surface area contributed by atoms with E-state index in [0.29, 0.717) is 53.6 Å². The van der Waals surface area contributed by atoms with E-state index in [1.807, 2.05) is 30.3 Å². The summed E-state index contributed by atoms with van der Waals surface area (Å²) in [5, 5.41) is 12.3. The van der Waals surface area contributed by atoms with E-state index in [4.69, 9.17) is 24.2 Å². The number of halogens is 2. The zero-order chi connectivity index (χ0) is 33.3. The molecule has 1 aliphatic heterocycles. The summed E-state index contributed by atoms with van der Waals surface area (Å²) in [5.74, 6) is -0.988. The Labute approximate surface area is 268 Å². The van der Waals surface area contributed by atoms with Crippen LogP contribution in [0.4, 0.5) is 19.4 Å². The molecule has 1 fully saturated rings. The summed E-state index contributed by atoms with van der Waals surface area (Å²) in [5.41, 5.74) is 4.78. The molecule has 0 bridgehead atoms. The Balaban J connectivity index is 1.45. The highest BCUT2D eigenvalue weighted by Crippen LogP contribution is 2.33. The largest absolute Gasteiger partial charge is 0.480 e. The third-order valence-corrected chi connectivity index (χ3v) is 7.23. The zero-order valence-electron chi connectivity index (χ0n) is 25.9. The van der Waals surface area contributed by atoms with Crippen molar-refractivity contribution in [1.29, 1.82) is 0 Å². The summed E-state index contributed by atoms with van der Waals surface area (Å²) in [7, 11) is 2.93. The molecule has 4 aromatic rings. The highest BCUT2D eigenvalue weighted by atomic mass is 19.1. The van der Waals surface area contributed by atoms with Crippen LogP contribution in [0.2, 0.25) is 0 Å². The maximum absolute atomic E-state index is 14.0. The number of anilines is 1. The third-order valence-electron chi connectivity index (χ3n) is 7.23. The van der Waals surface area contributed by atoms with Crippen LogP contribution >= 0.6 is 0 Å². The molecule has 1 saturated heterocycles. The van der Waals surface area contributed by atoms with Gasteiger partial charge in [0, 0.05) is 43.7 Å². The third kappa shape index (κ3) is 7.86. The minimum atomic E-state index is -0.780. The van der Waals surface area contributed by atoms with Crippen LogP contribution < -0.4 is 20.9 Å². The number of hydrogen-bond donors (Lipinski definition) is 3. The number of urea groups is 1. The number of rotatable bonds is 13. The maximum atomic E-state index is 14.0. The molecule has 3 amide bonds. The van der Waals surface area contributed by atoms with E-state index in [1.165, 1.54) is 31.6 Å². The van der Waals surface area contributed by atoms with Crippen molar-refractivity contribution in [2.75, 3.05) is 52.5 Å². The Morgan fingerprint density at radius 1 is 1.11 bits per heavy atom.